The zero-order chi connectivity index (χ0) is 31.8. The van der Waals surface area contributed by atoms with Crippen LogP contribution in [0.5, 0.6) is 0 Å². The van der Waals surface area contributed by atoms with Gasteiger partial charge in [-0.25, -0.2) is 0 Å². The first-order chi connectivity index (χ1) is 23.8. The van der Waals surface area contributed by atoms with Gasteiger partial charge in [-0.05, 0) is 80.3 Å². The van der Waals surface area contributed by atoms with Crippen molar-refractivity contribution in [3.05, 3.63) is 162 Å². The summed E-state index contributed by atoms with van der Waals surface area (Å²) < 4.78 is 11.8. The fourth-order valence-electron chi connectivity index (χ4n) is 8.52. The number of hydrogen-bond acceptors (Lipinski definition) is 1. The number of benzene rings is 6. The molecule has 0 fully saturated rings. The second-order valence-electron chi connectivity index (χ2n) is 13.2. The molecule has 10 rings (SSSR count). The van der Waals surface area contributed by atoms with Gasteiger partial charge in [-0.15, -0.1) is 0 Å². The van der Waals surface area contributed by atoms with Crippen LogP contribution in [0.2, 0.25) is 0 Å². The van der Waals surface area contributed by atoms with Crippen molar-refractivity contribution in [3.63, 3.8) is 0 Å². The van der Waals surface area contributed by atoms with Crippen molar-refractivity contribution in [1.29, 1.82) is 0 Å². The van der Waals surface area contributed by atoms with Gasteiger partial charge in [-0.1, -0.05) is 97.1 Å². The molecule has 230 valence electrons. The van der Waals surface area contributed by atoms with Crippen molar-refractivity contribution < 1.29 is 4.42 Å². The van der Waals surface area contributed by atoms with E-state index in [0.29, 0.717) is 0 Å². The molecule has 0 amide bonds. The third-order valence-electron chi connectivity index (χ3n) is 10.6. The molecule has 0 aliphatic heterocycles. The Morgan fingerprint density at radius 2 is 1.10 bits per heavy atom. The minimum atomic E-state index is 0.210. The van der Waals surface area contributed by atoms with E-state index in [1.54, 1.807) is 0 Å². The topological polar surface area (TPSA) is 23.0 Å². The first-order valence-corrected chi connectivity index (χ1v) is 17.0. The van der Waals surface area contributed by atoms with Gasteiger partial charge < -0.3 is 13.6 Å². The van der Waals surface area contributed by atoms with Crippen LogP contribution in [0, 0.1) is 0 Å². The van der Waals surface area contributed by atoms with Crippen LogP contribution in [0.15, 0.2) is 150 Å². The van der Waals surface area contributed by atoms with Crippen molar-refractivity contribution >= 4 is 65.9 Å². The third-order valence-corrected chi connectivity index (χ3v) is 10.6. The molecule has 0 saturated carbocycles. The molecule has 1 aliphatic rings. The monoisotopic (exact) mass is 618 g/mol. The predicted octanol–water partition coefficient (Wildman–Crippen LogP) is 12.3. The second kappa shape index (κ2) is 10.6. The minimum absolute atomic E-state index is 0.210. The van der Waals surface area contributed by atoms with E-state index in [9.17, 15) is 0 Å². The molecule has 9 aromatic rings. The van der Waals surface area contributed by atoms with E-state index in [-0.39, 0.29) is 5.92 Å². The number of fused-ring (bicyclic) bond motifs is 9. The van der Waals surface area contributed by atoms with Gasteiger partial charge in [0.25, 0.3) is 0 Å². The van der Waals surface area contributed by atoms with Crippen LogP contribution < -0.4 is 0 Å². The Morgan fingerprint density at radius 1 is 0.542 bits per heavy atom. The molecule has 0 N–H and O–H groups in total. The standard InChI is InChI=1S/C45H34N2O/c1-29-38(47-40-22-10-5-16-33(40)34-17-6-11-23-41(34)47)24-13-20-32(44-36-19-8-12-25-43(36)48-45(29)44)30-26-27-42-37(28-30)35-18-7-9-21-39(35)46(42)31-14-3-2-4-15-31/h2-12,14-19,21-23,25-28,32H,13,20,24H2,1H3/b38-29+. The molecule has 1 aliphatic carbocycles. The summed E-state index contributed by atoms with van der Waals surface area (Å²) in [6.45, 7) is 2.28. The van der Waals surface area contributed by atoms with Gasteiger partial charge >= 0.3 is 0 Å². The van der Waals surface area contributed by atoms with Gasteiger partial charge in [0.1, 0.15) is 11.3 Å². The number of furan rings is 1. The summed E-state index contributed by atoms with van der Waals surface area (Å²) in [6, 6.07) is 52.9. The summed E-state index contributed by atoms with van der Waals surface area (Å²) in [5.41, 5.74) is 12.3. The van der Waals surface area contributed by atoms with Crippen LogP contribution in [0.3, 0.4) is 0 Å². The summed E-state index contributed by atoms with van der Waals surface area (Å²) in [6.07, 6.45) is 3.07. The second-order valence-corrected chi connectivity index (χ2v) is 13.2. The van der Waals surface area contributed by atoms with Crippen LogP contribution in [-0.2, 0) is 0 Å². The molecular weight excluding hydrogens is 585 g/mol. The highest BCUT2D eigenvalue weighted by Gasteiger charge is 2.30. The van der Waals surface area contributed by atoms with E-state index in [0.717, 1.165) is 30.6 Å². The smallest absolute Gasteiger partial charge is 0.136 e. The molecule has 3 heteroatoms. The Kier molecular flexibility index (Phi) is 6.04. The highest BCUT2D eigenvalue weighted by molar-refractivity contribution is 6.12. The van der Waals surface area contributed by atoms with E-state index in [1.807, 2.05) is 0 Å². The maximum Gasteiger partial charge on any atom is 0.136 e. The lowest BCUT2D eigenvalue weighted by Gasteiger charge is -2.24. The summed E-state index contributed by atoms with van der Waals surface area (Å²) >= 11 is 0. The summed E-state index contributed by atoms with van der Waals surface area (Å²) in [5, 5.41) is 6.38. The number of allylic oxidation sites excluding steroid dienone is 2. The Bertz CT molecular complexity index is 2660. The van der Waals surface area contributed by atoms with Crippen molar-refractivity contribution in [2.24, 2.45) is 0 Å². The zero-order valence-electron chi connectivity index (χ0n) is 26.9. The van der Waals surface area contributed by atoms with Crippen LogP contribution >= 0.6 is 0 Å². The van der Waals surface area contributed by atoms with Crippen molar-refractivity contribution in [1.82, 2.24) is 9.13 Å². The largest absolute Gasteiger partial charge is 0.456 e. The molecule has 0 radical (unpaired) electrons. The molecule has 3 nitrogen and oxygen atoms in total. The lowest BCUT2D eigenvalue weighted by molar-refractivity contribution is 0.575. The minimum Gasteiger partial charge on any atom is -0.456 e. The molecule has 1 atom stereocenters. The average Bonchev–Trinajstić information content (AvgIpc) is 3.79. The van der Waals surface area contributed by atoms with E-state index in [4.69, 9.17) is 4.42 Å². The van der Waals surface area contributed by atoms with E-state index in [2.05, 4.69) is 162 Å². The van der Waals surface area contributed by atoms with Crippen LogP contribution in [-0.4, -0.2) is 9.13 Å². The Balaban J connectivity index is 1.21. The molecule has 1 unspecified atom stereocenters. The lowest BCUT2D eigenvalue weighted by atomic mass is 9.81. The SMILES string of the molecule is C/C1=C(\n2c3ccccc3c3ccccc32)CCCC(c2ccc3c(c2)c2ccccc2n3-c2ccccc2)c2c1oc1ccccc21. The van der Waals surface area contributed by atoms with Crippen molar-refractivity contribution in [2.75, 3.05) is 0 Å². The van der Waals surface area contributed by atoms with Crippen molar-refractivity contribution in [2.45, 2.75) is 32.1 Å². The molecule has 48 heavy (non-hydrogen) atoms. The summed E-state index contributed by atoms with van der Waals surface area (Å²) in [4.78, 5) is 0. The average molecular weight is 619 g/mol. The fourth-order valence-corrected chi connectivity index (χ4v) is 8.52. The molecular formula is C45H34N2O. The highest BCUT2D eigenvalue weighted by atomic mass is 16.3. The van der Waals surface area contributed by atoms with Gasteiger partial charge in [0.2, 0.25) is 0 Å². The fraction of sp³-hybridized carbons (Fsp3) is 0.111. The molecule has 3 heterocycles. The predicted molar refractivity (Wildman–Crippen MR) is 201 cm³/mol. The quantitative estimate of drug-likeness (QED) is 0.193. The number of hydrogen-bond donors (Lipinski definition) is 0. The molecule has 0 bridgehead atoms. The highest BCUT2D eigenvalue weighted by Crippen LogP contribution is 2.47. The first-order valence-electron chi connectivity index (χ1n) is 17.0. The van der Waals surface area contributed by atoms with Crippen molar-refractivity contribution in [3.8, 4) is 5.69 Å². The maximum absolute atomic E-state index is 6.89. The van der Waals surface area contributed by atoms with E-state index < -0.39 is 0 Å². The van der Waals surface area contributed by atoms with Crippen LogP contribution in [0.25, 0.3) is 71.5 Å². The maximum atomic E-state index is 6.89. The van der Waals surface area contributed by atoms with Crippen LogP contribution in [0.4, 0.5) is 0 Å². The lowest BCUT2D eigenvalue weighted by Crippen LogP contribution is -2.09. The van der Waals surface area contributed by atoms with E-state index in [1.165, 1.54) is 77.1 Å². The van der Waals surface area contributed by atoms with Gasteiger partial charge in [0.15, 0.2) is 0 Å². The van der Waals surface area contributed by atoms with Gasteiger partial charge in [-0.2, -0.15) is 0 Å². The Hall–Kier alpha value is -5.80. The number of rotatable bonds is 3. The summed E-state index contributed by atoms with van der Waals surface area (Å²) in [5.74, 6) is 1.23. The molecule has 3 aromatic heterocycles. The summed E-state index contributed by atoms with van der Waals surface area (Å²) in [7, 11) is 0. The number of aromatic nitrogens is 2. The van der Waals surface area contributed by atoms with Gasteiger partial charge in [0, 0.05) is 55.4 Å². The number of nitrogens with zero attached hydrogens (tertiary/aromatic N) is 2. The van der Waals surface area contributed by atoms with Gasteiger partial charge in [0.05, 0.1) is 22.1 Å². The third kappa shape index (κ3) is 3.94. The van der Waals surface area contributed by atoms with Crippen LogP contribution in [0.1, 0.15) is 49.0 Å². The normalized spacial score (nSPS) is 17.0. The Labute approximate surface area is 279 Å². The first kappa shape index (κ1) is 27.3. The zero-order valence-corrected chi connectivity index (χ0v) is 26.9. The van der Waals surface area contributed by atoms with Gasteiger partial charge in [-0.3, -0.25) is 0 Å². The molecule has 0 spiro atoms. The molecule has 0 saturated heterocycles. The van der Waals surface area contributed by atoms with E-state index >= 15 is 0 Å². The Morgan fingerprint density at radius 3 is 1.81 bits per heavy atom. The number of para-hydroxylation sites is 5. The molecule has 6 aromatic carbocycles.